The van der Waals surface area contributed by atoms with E-state index in [0.29, 0.717) is 0 Å². The highest BCUT2D eigenvalue weighted by Gasteiger charge is 2.21. The van der Waals surface area contributed by atoms with Gasteiger partial charge in [-0.15, -0.1) is 11.3 Å². The maximum Gasteiger partial charge on any atom is 0.143 e. The number of hydrogen-bond donors (Lipinski definition) is 2. The Bertz CT molecular complexity index is 824. The Kier molecular flexibility index (Phi) is 2.82. The molecule has 0 amide bonds. The average Bonchev–Trinajstić information content (AvgIpc) is 3.01. The zero-order valence-corrected chi connectivity index (χ0v) is 12.5. The van der Waals surface area contributed by atoms with Crippen molar-refractivity contribution in [2.45, 2.75) is 26.2 Å². The molecule has 2 N–H and O–H groups in total. The molecule has 5 heteroatoms. The number of fused-ring (bicyclic) bond motifs is 3. The molecule has 4 nitrogen and oxygen atoms in total. The van der Waals surface area contributed by atoms with E-state index in [0.717, 1.165) is 35.0 Å². The number of nitrogens with one attached hydrogen (secondary N) is 1. The van der Waals surface area contributed by atoms with Crippen LogP contribution >= 0.6 is 11.3 Å². The predicted octanol–water partition coefficient (Wildman–Crippen LogP) is 3.94. The second-order valence-electron chi connectivity index (χ2n) is 5.33. The molecule has 0 unspecified atom stereocenters. The van der Waals surface area contributed by atoms with Gasteiger partial charge in [-0.1, -0.05) is 0 Å². The molecule has 1 aliphatic carbocycles. The van der Waals surface area contributed by atoms with Crippen LogP contribution in [-0.4, -0.2) is 15.1 Å². The van der Waals surface area contributed by atoms with Crippen LogP contribution in [0.3, 0.4) is 0 Å². The van der Waals surface area contributed by atoms with Gasteiger partial charge in [0.2, 0.25) is 0 Å². The summed E-state index contributed by atoms with van der Waals surface area (Å²) in [5.41, 5.74) is 2.33. The zero-order chi connectivity index (χ0) is 14.4. The molecule has 0 fully saturated rings. The van der Waals surface area contributed by atoms with Gasteiger partial charge in [0, 0.05) is 10.6 Å². The van der Waals surface area contributed by atoms with Crippen LogP contribution in [-0.2, 0) is 12.8 Å². The van der Waals surface area contributed by atoms with E-state index in [-0.39, 0.29) is 5.75 Å². The molecule has 0 saturated heterocycles. The Morgan fingerprint density at radius 3 is 2.76 bits per heavy atom. The summed E-state index contributed by atoms with van der Waals surface area (Å²) in [6.45, 7) is 1.92. The number of aryl methyl sites for hydroxylation is 3. The molecule has 21 heavy (non-hydrogen) atoms. The third-order valence-electron chi connectivity index (χ3n) is 3.81. The molecule has 3 aromatic rings. The highest BCUT2D eigenvalue weighted by molar-refractivity contribution is 7.19. The molecule has 0 saturated carbocycles. The SMILES string of the molecule is Cc1nc(Nc2ccc(O)cc2)c2c3c(sc2n1)CCC3. The van der Waals surface area contributed by atoms with Crippen LogP contribution in [0.15, 0.2) is 24.3 Å². The molecule has 1 aromatic carbocycles. The minimum Gasteiger partial charge on any atom is -0.508 e. The van der Waals surface area contributed by atoms with E-state index in [4.69, 9.17) is 0 Å². The van der Waals surface area contributed by atoms with Crippen molar-refractivity contribution in [1.82, 2.24) is 9.97 Å². The smallest absolute Gasteiger partial charge is 0.143 e. The first-order valence-corrected chi connectivity index (χ1v) is 7.87. The molecule has 0 radical (unpaired) electrons. The summed E-state index contributed by atoms with van der Waals surface area (Å²) in [7, 11) is 0. The van der Waals surface area contributed by atoms with Crippen molar-refractivity contribution in [3.8, 4) is 5.75 Å². The average molecular weight is 297 g/mol. The maximum absolute atomic E-state index is 9.38. The van der Waals surface area contributed by atoms with Gasteiger partial charge in [0.1, 0.15) is 22.2 Å². The van der Waals surface area contributed by atoms with Crippen molar-refractivity contribution in [1.29, 1.82) is 0 Å². The molecule has 106 valence electrons. The first-order valence-electron chi connectivity index (χ1n) is 7.05. The Labute approximate surface area is 126 Å². The lowest BCUT2D eigenvalue weighted by molar-refractivity contribution is 0.475. The van der Waals surface area contributed by atoms with Gasteiger partial charge in [-0.3, -0.25) is 0 Å². The predicted molar refractivity (Wildman–Crippen MR) is 85.6 cm³/mol. The number of aromatic hydroxyl groups is 1. The zero-order valence-electron chi connectivity index (χ0n) is 11.7. The van der Waals surface area contributed by atoms with Gasteiger partial charge in [0.05, 0.1) is 5.39 Å². The molecule has 4 rings (SSSR count). The minimum atomic E-state index is 0.265. The van der Waals surface area contributed by atoms with Crippen molar-refractivity contribution in [3.05, 3.63) is 40.5 Å². The van der Waals surface area contributed by atoms with Gasteiger partial charge in [-0.2, -0.15) is 0 Å². The van der Waals surface area contributed by atoms with E-state index in [1.807, 2.05) is 19.1 Å². The van der Waals surface area contributed by atoms with Crippen LogP contribution in [0.25, 0.3) is 10.2 Å². The van der Waals surface area contributed by atoms with Gasteiger partial charge in [0.25, 0.3) is 0 Å². The molecule has 0 spiro atoms. The minimum absolute atomic E-state index is 0.265. The molecular formula is C16H15N3OS. The Hall–Kier alpha value is -2.14. The molecule has 0 atom stereocenters. The number of phenolic OH excluding ortho intramolecular Hbond substituents is 1. The molecule has 2 aromatic heterocycles. The summed E-state index contributed by atoms with van der Waals surface area (Å²) in [5.74, 6) is 1.92. The number of benzene rings is 1. The van der Waals surface area contributed by atoms with Gasteiger partial charge < -0.3 is 10.4 Å². The van der Waals surface area contributed by atoms with Crippen LogP contribution in [0.1, 0.15) is 22.7 Å². The topological polar surface area (TPSA) is 58.0 Å². The van der Waals surface area contributed by atoms with Crippen LogP contribution in [0.5, 0.6) is 5.75 Å². The Morgan fingerprint density at radius 2 is 1.95 bits per heavy atom. The fourth-order valence-corrected chi connectivity index (χ4v) is 4.18. The van der Waals surface area contributed by atoms with E-state index in [1.54, 1.807) is 23.5 Å². The molecule has 1 aliphatic rings. The van der Waals surface area contributed by atoms with Gasteiger partial charge in [-0.25, -0.2) is 9.97 Å². The van der Waals surface area contributed by atoms with E-state index < -0.39 is 0 Å². The molecule has 0 bridgehead atoms. The Morgan fingerprint density at radius 1 is 1.14 bits per heavy atom. The first-order chi connectivity index (χ1) is 10.2. The van der Waals surface area contributed by atoms with Crippen LogP contribution in [0, 0.1) is 6.92 Å². The highest BCUT2D eigenvalue weighted by atomic mass is 32.1. The molecule has 0 aliphatic heterocycles. The normalized spacial score (nSPS) is 13.6. The third kappa shape index (κ3) is 2.14. The number of thiophene rings is 1. The number of phenols is 1. The summed E-state index contributed by atoms with van der Waals surface area (Å²) in [5, 5.41) is 13.9. The van der Waals surface area contributed by atoms with E-state index in [9.17, 15) is 5.11 Å². The highest BCUT2D eigenvalue weighted by Crippen LogP contribution is 2.40. The summed E-state index contributed by atoms with van der Waals surface area (Å²) in [4.78, 5) is 11.7. The maximum atomic E-state index is 9.38. The van der Waals surface area contributed by atoms with Crippen molar-refractivity contribution in [2.75, 3.05) is 5.32 Å². The number of hydrogen-bond acceptors (Lipinski definition) is 5. The number of rotatable bonds is 2. The fraction of sp³-hybridized carbons (Fsp3) is 0.250. The largest absolute Gasteiger partial charge is 0.508 e. The lowest BCUT2D eigenvalue weighted by Crippen LogP contribution is -1.98. The van der Waals surface area contributed by atoms with Crippen LogP contribution in [0.4, 0.5) is 11.5 Å². The second kappa shape index (κ2) is 4.70. The summed E-state index contributed by atoms with van der Waals surface area (Å²) < 4.78 is 0. The number of anilines is 2. The van der Waals surface area contributed by atoms with Crippen molar-refractivity contribution >= 4 is 33.1 Å². The van der Waals surface area contributed by atoms with Crippen molar-refractivity contribution in [3.63, 3.8) is 0 Å². The number of nitrogens with zero attached hydrogens (tertiary/aromatic N) is 2. The third-order valence-corrected chi connectivity index (χ3v) is 4.99. The molecular weight excluding hydrogens is 282 g/mol. The Balaban J connectivity index is 1.85. The van der Waals surface area contributed by atoms with E-state index >= 15 is 0 Å². The quantitative estimate of drug-likeness (QED) is 0.703. The first kappa shape index (κ1) is 12.6. The summed E-state index contributed by atoms with van der Waals surface area (Å²) in [6, 6.07) is 7.05. The van der Waals surface area contributed by atoms with E-state index in [2.05, 4.69) is 15.3 Å². The fourth-order valence-electron chi connectivity index (χ4n) is 2.87. The lowest BCUT2D eigenvalue weighted by Gasteiger charge is -2.09. The van der Waals surface area contributed by atoms with Crippen molar-refractivity contribution in [2.24, 2.45) is 0 Å². The molecule has 2 heterocycles. The van der Waals surface area contributed by atoms with Crippen LogP contribution < -0.4 is 5.32 Å². The summed E-state index contributed by atoms with van der Waals surface area (Å²) in [6.07, 6.45) is 3.50. The monoisotopic (exact) mass is 297 g/mol. The number of aromatic nitrogens is 2. The van der Waals surface area contributed by atoms with Crippen molar-refractivity contribution < 1.29 is 5.11 Å². The lowest BCUT2D eigenvalue weighted by atomic mass is 10.2. The van der Waals surface area contributed by atoms with Gasteiger partial charge in [0.15, 0.2) is 0 Å². The standard InChI is InChI=1S/C16H15N3OS/c1-9-17-15(19-10-5-7-11(20)8-6-10)14-12-3-2-4-13(12)21-16(14)18-9/h5-8,20H,2-4H2,1H3,(H,17,18,19). The van der Waals surface area contributed by atoms with E-state index in [1.165, 1.54) is 22.2 Å². The van der Waals surface area contributed by atoms with Gasteiger partial charge >= 0.3 is 0 Å². The summed E-state index contributed by atoms with van der Waals surface area (Å²) >= 11 is 1.80. The van der Waals surface area contributed by atoms with Gasteiger partial charge in [-0.05, 0) is 56.0 Å². The van der Waals surface area contributed by atoms with Crippen LogP contribution in [0.2, 0.25) is 0 Å². The second-order valence-corrected chi connectivity index (χ2v) is 6.41.